The molecule has 9 heteroatoms. The number of nitrogens with one attached hydrogen (secondary N) is 1. The molecule has 43 heavy (non-hydrogen) atoms. The number of imidazole rings is 1. The molecule has 0 amide bonds. The van der Waals surface area contributed by atoms with Gasteiger partial charge in [-0.3, -0.25) is 14.3 Å². The van der Waals surface area contributed by atoms with Crippen LogP contribution < -0.4 is 10.9 Å². The number of anilines is 2. The fourth-order valence-electron chi connectivity index (χ4n) is 5.81. The number of fused-ring (bicyclic) bond motifs is 1. The van der Waals surface area contributed by atoms with E-state index in [1.54, 1.807) is 23.2 Å². The first-order valence-electron chi connectivity index (χ1n) is 14.5. The second kappa shape index (κ2) is 11.3. The number of aryl methyl sites for hydroxylation is 1. The number of likely N-dealkylation sites (tertiary alicyclic amines) is 1. The van der Waals surface area contributed by atoms with Crippen molar-refractivity contribution in [2.24, 2.45) is 7.05 Å². The molecule has 4 aromatic heterocycles. The Morgan fingerprint density at radius 3 is 2.42 bits per heavy atom. The highest BCUT2D eigenvalue weighted by Gasteiger charge is 2.20. The van der Waals surface area contributed by atoms with Gasteiger partial charge < -0.3 is 14.8 Å². The molecule has 1 saturated heterocycles. The van der Waals surface area contributed by atoms with Crippen molar-refractivity contribution >= 4 is 22.7 Å². The lowest BCUT2D eigenvalue weighted by molar-refractivity contribution is 0.255. The van der Waals surface area contributed by atoms with E-state index in [4.69, 9.17) is 9.97 Å². The molecular weight excluding hydrogens is 536 g/mol. The Bertz CT molecular complexity index is 1940. The highest BCUT2D eigenvalue weighted by molar-refractivity contribution is 5.82. The first kappa shape index (κ1) is 26.7. The fourth-order valence-corrected chi connectivity index (χ4v) is 5.81. The van der Waals surface area contributed by atoms with Crippen molar-refractivity contribution < 1.29 is 0 Å². The fraction of sp³-hybridized carbons (Fsp3) is 0.206. The Hall–Kier alpha value is -5.15. The van der Waals surface area contributed by atoms with E-state index < -0.39 is 0 Å². The first-order valence-corrected chi connectivity index (χ1v) is 14.5. The SMILES string of the molecule is CN1CCC(c2ccc(Nc3ncc4cc(-c5nc(-c6cccnc6)cn5C)c(=O)n(-c5ccccc5)c4n3)cc2)CC1. The van der Waals surface area contributed by atoms with Crippen molar-refractivity contribution in [1.82, 2.24) is 34.0 Å². The number of piperidine rings is 1. The molecule has 0 spiro atoms. The van der Waals surface area contributed by atoms with Crippen LogP contribution in [0.3, 0.4) is 0 Å². The summed E-state index contributed by atoms with van der Waals surface area (Å²) in [6.07, 6.45) is 9.51. The monoisotopic (exact) mass is 568 g/mol. The summed E-state index contributed by atoms with van der Waals surface area (Å²) in [5.74, 6) is 1.57. The van der Waals surface area contributed by atoms with Gasteiger partial charge in [0.1, 0.15) is 5.82 Å². The standard InChI is InChI=1S/C34H32N8O/c1-40-17-14-24(15-18-40)23-10-12-27(13-11-23)37-34-36-21-26-19-29(32-38-30(22-41(32)2)25-7-6-16-35-20-25)33(43)42(31(26)39-34)28-8-4-3-5-9-28/h3-13,16,19-22,24H,14-15,17-18H2,1-2H3,(H,36,37,39). The quantitative estimate of drug-likeness (QED) is 0.272. The minimum absolute atomic E-state index is 0.211. The van der Waals surface area contributed by atoms with Gasteiger partial charge in [-0.1, -0.05) is 30.3 Å². The third-order valence-electron chi connectivity index (χ3n) is 8.19. The molecule has 0 aliphatic carbocycles. The van der Waals surface area contributed by atoms with E-state index in [0.29, 0.717) is 34.6 Å². The maximum absolute atomic E-state index is 14.2. The minimum Gasteiger partial charge on any atom is -0.333 e. The number of nitrogens with zero attached hydrogens (tertiary/aromatic N) is 7. The van der Waals surface area contributed by atoms with E-state index in [0.717, 1.165) is 35.4 Å². The average Bonchev–Trinajstić information content (AvgIpc) is 3.43. The third kappa shape index (κ3) is 5.30. The normalized spacial score (nSPS) is 14.3. The molecule has 1 aliphatic heterocycles. The molecule has 1 fully saturated rings. The minimum atomic E-state index is -0.211. The van der Waals surface area contributed by atoms with Crippen molar-refractivity contribution in [3.63, 3.8) is 0 Å². The number of aromatic nitrogens is 6. The highest BCUT2D eigenvalue weighted by atomic mass is 16.1. The Balaban J connectivity index is 1.27. The maximum atomic E-state index is 14.2. The Labute approximate surface area is 249 Å². The number of para-hydroxylation sites is 1. The number of rotatable bonds is 6. The van der Waals surface area contributed by atoms with Crippen LogP contribution in [0.4, 0.5) is 11.6 Å². The van der Waals surface area contributed by atoms with Crippen molar-refractivity contribution in [2.75, 3.05) is 25.5 Å². The van der Waals surface area contributed by atoms with Gasteiger partial charge in [0.2, 0.25) is 5.95 Å². The second-order valence-electron chi connectivity index (χ2n) is 11.1. The maximum Gasteiger partial charge on any atom is 0.267 e. The lowest BCUT2D eigenvalue weighted by Crippen LogP contribution is -2.29. The van der Waals surface area contributed by atoms with Crippen LogP contribution in [0.2, 0.25) is 0 Å². The molecule has 1 N–H and O–H groups in total. The van der Waals surface area contributed by atoms with Gasteiger partial charge in [-0.25, -0.2) is 9.97 Å². The molecule has 5 heterocycles. The lowest BCUT2D eigenvalue weighted by Gasteiger charge is -2.29. The zero-order valence-electron chi connectivity index (χ0n) is 24.2. The van der Waals surface area contributed by atoms with Gasteiger partial charge in [0, 0.05) is 48.5 Å². The zero-order valence-corrected chi connectivity index (χ0v) is 24.2. The summed E-state index contributed by atoms with van der Waals surface area (Å²) in [6.45, 7) is 2.26. The van der Waals surface area contributed by atoms with E-state index in [-0.39, 0.29) is 5.56 Å². The largest absolute Gasteiger partial charge is 0.333 e. The average molecular weight is 569 g/mol. The van der Waals surface area contributed by atoms with E-state index in [2.05, 4.69) is 51.5 Å². The summed E-state index contributed by atoms with van der Waals surface area (Å²) in [7, 11) is 4.07. The van der Waals surface area contributed by atoms with Crippen molar-refractivity contribution in [3.8, 4) is 28.3 Å². The molecule has 0 unspecified atom stereocenters. The van der Waals surface area contributed by atoms with Gasteiger partial charge in [0.25, 0.3) is 5.56 Å². The molecule has 0 atom stereocenters. The second-order valence-corrected chi connectivity index (χ2v) is 11.1. The third-order valence-corrected chi connectivity index (χ3v) is 8.19. The Morgan fingerprint density at radius 1 is 0.884 bits per heavy atom. The number of benzene rings is 2. The van der Waals surface area contributed by atoms with Gasteiger partial charge in [0.15, 0.2) is 5.65 Å². The van der Waals surface area contributed by atoms with E-state index in [1.165, 1.54) is 18.4 Å². The van der Waals surface area contributed by atoms with Crippen LogP contribution in [-0.4, -0.2) is 54.1 Å². The van der Waals surface area contributed by atoms with Crippen molar-refractivity contribution in [3.05, 3.63) is 114 Å². The number of hydrogen-bond donors (Lipinski definition) is 1. The van der Waals surface area contributed by atoms with Crippen molar-refractivity contribution in [1.29, 1.82) is 0 Å². The van der Waals surface area contributed by atoms with Crippen LogP contribution in [0.25, 0.3) is 39.4 Å². The summed E-state index contributed by atoms with van der Waals surface area (Å²) in [5.41, 5.74) is 5.37. The molecule has 7 rings (SSSR count). The van der Waals surface area contributed by atoms with E-state index >= 15 is 0 Å². The smallest absolute Gasteiger partial charge is 0.267 e. The summed E-state index contributed by atoms with van der Waals surface area (Å²) < 4.78 is 3.51. The first-order chi connectivity index (χ1) is 21.0. The van der Waals surface area contributed by atoms with E-state index in [9.17, 15) is 4.79 Å². The summed E-state index contributed by atoms with van der Waals surface area (Å²) >= 11 is 0. The topological polar surface area (TPSA) is 93.8 Å². The lowest BCUT2D eigenvalue weighted by atomic mass is 9.89. The van der Waals surface area contributed by atoms with Crippen LogP contribution in [0.15, 0.2) is 102 Å². The van der Waals surface area contributed by atoms with Crippen LogP contribution in [-0.2, 0) is 7.05 Å². The van der Waals surface area contributed by atoms with Crippen LogP contribution in [0, 0.1) is 0 Å². The summed E-state index contributed by atoms with van der Waals surface area (Å²) in [4.78, 5) is 35.1. The van der Waals surface area contributed by atoms with Crippen LogP contribution in [0.5, 0.6) is 0 Å². The number of hydrogen-bond acceptors (Lipinski definition) is 7. The molecule has 1 aliphatic rings. The van der Waals surface area contributed by atoms with Gasteiger partial charge in [0.05, 0.1) is 16.9 Å². The molecule has 0 saturated carbocycles. The number of pyridine rings is 2. The van der Waals surface area contributed by atoms with Gasteiger partial charge in [-0.05, 0) is 86.9 Å². The summed E-state index contributed by atoms with van der Waals surface area (Å²) in [6, 6.07) is 23.7. The molecule has 6 aromatic rings. The molecule has 0 radical (unpaired) electrons. The van der Waals surface area contributed by atoms with Gasteiger partial charge in [-0.2, -0.15) is 4.98 Å². The highest BCUT2D eigenvalue weighted by Crippen LogP contribution is 2.29. The molecular formula is C34H32N8O. The zero-order chi connectivity index (χ0) is 29.3. The molecule has 9 nitrogen and oxygen atoms in total. The van der Waals surface area contributed by atoms with Gasteiger partial charge in [-0.15, -0.1) is 0 Å². The van der Waals surface area contributed by atoms with E-state index in [1.807, 2.05) is 66.3 Å². The predicted molar refractivity (Wildman–Crippen MR) is 170 cm³/mol. The molecule has 0 bridgehead atoms. The summed E-state index contributed by atoms with van der Waals surface area (Å²) in [5, 5.41) is 4.07. The molecule has 2 aromatic carbocycles. The van der Waals surface area contributed by atoms with Crippen LogP contribution >= 0.6 is 0 Å². The molecule has 214 valence electrons. The van der Waals surface area contributed by atoms with Crippen molar-refractivity contribution in [2.45, 2.75) is 18.8 Å². The Morgan fingerprint density at radius 2 is 1.67 bits per heavy atom. The van der Waals surface area contributed by atoms with Crippen LogP contribution in [0.1, 0.15) is 24.3 Å². The van der Waals surface area contributed by atoms with Gasteiger partial charge >= 0.3 is 0 Å². The Kier molecular flexibility index (Phi) is 7.00. The predicted octanol–water partition coefficient (Wildman–Crippen LogP) is 5.80.